The molecule has 0 radical (unpaired) electrons. The van der Waals surface area contributed by atoms with Crippen LogP contribution in [0.3, 0.4) is 0 Å². The number of fused-ring (bicyclic) bond motifs is 1. The van der Waals surface area contributed by atoms with E-state index in [1.807, 2.05) is 0 Å². The summed E-state index contributed by atoms with van der Waals surface area (Å²) in [4.78, 5) is 91.6. The van der Waals surface area contributed by atoms with Gasteiger partial charge in [0.15, 0.2) is 28.4 Å². The zero-order valence-corrected chi connectivity index (χ0v) is 37.7. The van der Waals surface area contributed by atoms with Crippen LogP contribution >= 0.6 is 34.7 Å². The molecule has 3 atom stereocenters. The van der Waals surface area contributed by atoms with Crippen LogP contribution in [0.4, 0.5) is 5.13 Å². The molecule has 1 fully saturated rings. The molecule has 20 heteroatoms. The number of anilines is 1. The molecule has 340 valence electrons. The van der Waals surface area contributed by atoms with Crippen molar-refractivity contribution in [3.05, 3.63) is 148 Å². The third-order valence-corrected chi connectivity index (χ3v) is 12.2. The Morgan fingerprint density at radius 1 is 0.894 bits per heavy atom. The number of oxime groups is 1. The van der Waals surface area contributed by atoms with Gasteiger partial charge in [0.1, 0.15) is 35.2 Å². The second-order valence-electron chi connectivity index (χ2n) is 14.4. The van der Waals surface area contributed by atoms with E-state index in [9.17, 15) is 28.8 Å². The van der Waals surface area contributed by atoms with Crippen molar-refractivity contribution in [1.29, 1.82) is 0 Å². The first kappa shape index (κ1) is 46.8. The molecule has 66 heavy (non-hydrogen) atoms. The number of methoxy groups -OCH3 is 1. The first-order valence-corrected chi connectivity index (χ1v) is 22.4. The number of alkyl halides is 1. The van der Waals surface area contributed by atoms with Gasteiger partial charge in [-0.15, -0.1) is 34.7 Å². The molecule has 7 rings (SSSR count). The molecular formula is C46H40ClN5O12S2. The van der Waals surface area contributed by atoms with Crippen molar-refractivity contribution in [2.45, 2.75) is 44.1 Å². The number of thiazole rings is 1. The Morgan fingerprint density at radius 2 is 1.55 bits per heavy atom. The Bertz CT molecular complexity index is 2660. The van der Waals surface area contributed by atoms with Gasteiger partial charge in [0.05, 0.1) is 7.11 Å². The summed E-state index contributed by atoms with van der Waals surface area (Å²) in [6, 6.07) is 27.4. The van der Waals surface area contributed by atoms with Gasteiger partial charge in [-0.1, -0.05) is 84.0 Å². The normalized spacial score (nSPS) is 16.0. The number of esters is 4. The minimum absolute atomic E-state index is 0.00466. The molecule has 0 bridgehead atoms. The van der Waals surface area contributed by atoms with Crippen LogP contribution in [0.1, 0.15) is 54.0 Å². The number of nitrogens with one attached hydrogen (secondary N) is 1. The van der Waals surface area contributed by atoms with E-state index < -0.39 is 65.0 Å². The Hall–Kier alpha value is -7.22. The fourth-order valence-electron chi connectivity index (χ4n) is 6.79. The fourth-order valence-corrected chi connectivity index (χ4v) is 9.02. The molecule has 2 aliphatic heterocycles. The molecular weight excluding hydrogens is 914 g/mol. The van der Waals surface area contributed by atoms with Crippen LogP contribution < -0.4 is 25.3 Å². The predicted octanol–water partition coefficient (Wildman–Crippen LogP) is 6.02. The van der Waals surface area contributed by atoms with Crippen molar-refractivity contribution in [2.75, 3.05) is 24.5 Å². The van der Waals surface area contributed by atoms with Gasteiger partial charge in [-0.3, -0.25) is 24.1 Å². The highest BCUT2D eigenvalue weighted by Crippen LogP contribution is 2.41. The summed E-state index contributed by atoms with van der Waals surface area (Å²) in [6.07, 6.45) is -2.73. The Labute approximate surface area is 390 Å². The zero-order valence-electron chi connectivity index (χ0n) is 35.3. The summed E-state index contributed by atoms with van der Waals surface area (Å²) < 4.78 is 27.5. The quantitative estimate of drug-likeness (QED) is 0.0272. The van der Waals surface area contributed by atoms with Crippen molar-refractivity contribution in [1.82, 2.24) is 15.2 Å². The van der Waals surface area contributed by atoms with Crippen LogP contribution in [-0.2, 0) is 49.7 Å². The average molecular weight is 954 g/mol. The number of benzene rings is 4. The second-order valence-corrected chi connectivity index (χ2v) is 16.7. The summed E-state index contributed by atoms with van der Waals surface area (Å²) in [6.45, 7) is 2.20. The predicted molar refractivity (Wildman–Crippen MR) is 242 cm³/mol. The maximum absolute atomic E-state index is 14.5. The Kier molecular flexibility index (Phi) is 15.0. The molecule has 0 unspecified atom stereocenters. The molecule has 3 N–H and O–H groups in total. The highest BCUT2D eigenvalue weighted by Gasteiger charge is 2.54. The van der Waals surface area contributed by atoms with Crippen LogP contribution in [0.5, 0.6) is 17.2 Å². The number of carbonyl (C=O) groups is 6. The zero-order chi connectivity index (χ0) is 46.9. The molecule has 0 spiro atoms. The monoisotopic (exact) mass is 953 g/mol. The first-order valence-electron chi connectivity index (χ1n) is 19.9. The lowest BCUT2D eigenvalue weighted by molar-refractivity contribution is -0.162. The third-order valence-electron chi connectivity index (χ3n) is 9.88. The van der Waals surface area contributed by atoms with E-state index >= 15 is 0 Å². The highest BCUT2D eigenvalue weighted by molar-refractivity contribution is 8.00. The van der Waals surface area contributed by atoms with E-state index in [2.05, 4.69) is 15.5 Å². The number of nitrogens with two attached hydrogens (primary N) is 1. The molecule has 4 aromatic carbocycles. The largest absolute Gasteiger partial charge is 0.497 e. The molecule has 17 nitrogen and oxygen atoms in total. The van der Waals surface area contributed by atoms with E-state index in [-0.39, 0.29) is 51.8 Å². The number of hydrogen-bond acceptors (Lipinski definition) is 17. The molecule has 2 aliphatic rings. The van der Waals surface area contributed by atoms with Crippen molar-refractivity contribution >= 4 is 81.2 Å². The van der Waals surface area contributed by atoms with Crippen LogP contribution in [0.15, 0.2) is 125 Å². The molecule has 0 aliphatic carbocycles. The number of amides is 2. The van der Waals surface area contributed by atoms with E-state index in [0.29, 0.717) is 28.0 Å². The third kappa shape index (κ3) is 10.8. The maximum atomic E-state index is 14.5. The first-order chi connectivity index (χ1) is 31.8. The summed E-state index contributed by atoms with van der Waals surface area (Å²) in [5.74, 6) is -4.36. The fraction of sp³-hybridized carbons (Fsp3) is 0.217. The lowest BCUT2D eigenvalue weighted by atomic mass is 10.0. The van der Waals surface area contributed by atoms with Gasteiger partial charge in [-0.2, -0.15) is 0 Å². The molecule has 0 saturated carbocycles. The number of nitrogen functional groups attached to an aromatic ring is 1. The lowest BCUT2D eigenvalue weighted by Gasteiger charge is -2.49. The van der Waals surface area contributed by atoms with Crippen LogP contribution in [0, 0.1) is 0 Å². The van der Waals surface area contributed by atoms with E-state index in [1.54, 1.807) is 84.9 Å². The highest BCUT2D eigenvalue weighted by atomic mass is 35.5. The van der Waals surface area contributed by atoms with Crippen molar-refractivity contribution in [3.63, 3.8) is 0 Å². The topological polar surface area (TPSA) is 224 Å². The van der Waals surface area contributed by atoms with Gasteiger partial charge in [-0.25, -0.2) is 14.6 Å². The summed E-state index contributed by atoms with van der Waals surface area (Å²) in [5, 5.41) is 7.57. The number of carbonyl (C=O) groups excluding carboxylic acids is 6. The van der Waals surface area contributed by atoms with Gasteiger partial charge >= 0.3 is 23.9 Å². The van der Waals surface area contributed by atoms with Crippen LogP contribution in [-0.4, -0.2) is 81.4 Å². The number of hydrogen-bond donors (Lipinski definition) is 2. The van der Waals surface area contributed by atoms with Gasteiger partial charge < -0.3 is 39.6 Å². The molecule has 2 amide bonds. The Morgan fingerprint density at radius 3 is 2.14 bits per heavy atom. The smallest absolute Gasteiger partial charge is 0.355 e. The summed E-state index contributed by atoms with van der Waals surface area (Å²) in [5.41, 5.74) is 7.81. The van der Waals surface area contributed by atoms with Gasteiger partial charge in [0, 0.05) is 36.4 Å². The number of thioether (sulfide) groups is 1. The van der Waals surface area contributed by atoms with Crippen LogP contribution in [0.2, 0.25) is 0 Å². The van der Waals surface area contributed by atoms with Gasteiger partial charge in [0.2, 0.25) is 6.10 Å². The molecule has 1 aromatic heterocycles. The lowest BCUT2D eigenvalue weighted by Crippen LogP contribution is -2.71. The second kappa shape index (κ2) is 21.2. The minimum Gasteiger partial charge on any atom is -0.497 e. The average Bonchev–Trinajstić information content (AvgIpc) is 3.76. The summed E-state index contributed by atoms with van der Waals surface area (Å²) >= 11 is 8.50. The standard InChI is InChI=1S/C46H40ClN5O12S2/c1-25(53)61-34-19-16-30(20-35(34)62-26(2)54)40(45(58)63-39(28-10-6-4-7-11-28)29-12-8-5-9-13-29)64-51-36(33-24-66-46(48)49-33)41(55)50-37-42(56)52-38(31(21-47)23-65-43(37)52)44(57)60-22-27-14-17-32(59-3)18-15-27/h4-20,24,37,39-40,43H,21-23H2,1-3H3,(H2,48,49)(H,50,55)/b51-36-/t37-,40+,43-/m1/s1. The number of halogens is 1. The number of ether oxygens (including phenoxy) is 5. The van der Waals surface area contributed by atoms with E-state index in [4.69, 9.17) is 45.9 Å². The van der Waals surface area contributed by atoms with Gasteiger partial charge in [0.25, 0.3) is 11.8 Å². The van der Waals surface area contributed by atoms with Crippen molar-refractivity contribution in [3.8, 4) is 17.2 Å². The summed E-state index contributed by atoms with van der Waals surface area (Å²) in [7, 11) is 1.54. The molecule has 3 heterocycles. The minimum atomic E-state index is -1.78. The maximum Gasteiger partial charge on any atom is 0.355 e. The SMILES string of the molecule is COc1ccc(COC(=O)C2=C(CCl)CS[C@@H]3[C@H](NC(=O)/C(=N\O[C@H](C(=O)OC(c4ccccc4)c4ccccc4)c4ccc(OC(C)=O)c(OC(C)=O)c4)c4csc(N)n4)C(=O)N23)cc1. The molecule has 1 saturated heterocycles. The number of nitrogens with zero attached hydrogens (tertiary/aromatic N) is 3. The van der Waals surface area contributed by atoms with Gasteiger partial charge in [-0.05, 0) is 46.5 Å². The van der Waals surface area contributed by atoms with Crippen LogP contribution in [0.25, 0.3) is 0 Å². The van der Waals surface area contributed by atoms with E-state index in [0.717, 1.165) is 25.2 Å². The van der Waals surface area contributed by atoms with E-state index in [1.165, 1.54) is 47.4 Å². The number of rotatable bonds is 17. The van der Waals surface area contributed by atoms with Crippen molar-refractivity contribution < 1.29 is 57.3 Å². The molecule has 5 aromatic rings. The number of aromatic nitrogens is 1. The number of β-lactam (4-membered cyclic amide) rings is 1. The Balaban J connectivity index is 1.18. The van der Waals surface area contributed by atoms with Crippen molar-refractivity contribution in [2.24, 2.45) is 5.16 Å².